The number of aliphatic hydroxyl groups is 2. The van der Waals surface area contributed by atoms with Gasteiger partial charge in [0.25, 0.3) is 0 Å². The molecule has 0 aromatic rings. The molecule has 6 heteroatoms. The minimum Gasteiger partial charge on any atom is -0.462 e. The summed E-state index contributed by atoms with van der Waals surface area (Å²) in [7, 11) is 0. The van der Waals surface area contributed by atoms with E-state index in [1.807, 2.05) is 0 Å². The standard InChI is InChI=1S/C52H95NO5/c1-4-7-10-13-16-19-22-25-27-28-31-34-37-40-43-48(58-52(57)45-42-39-36-33-30-24-21-18-15-12-9-6-3)46-51(56)53-49(47-54)50(55)44-41-38-35-32-29-26-23-20-17-14-11-8-5-2/h7,10,16,19,25,27,31,34,48-50,54-55H,4-6,8-9,11-15,17-18,20-24,26,28-30,32-33,35-47H2,1-3H3,(H,53,56)/b10-7+,19-16+,27-25+,34-31+. The Balaban J connectivity index is 4.65. The molecule has 0 saturated heterocycles. The second-order valence-electron chi connectivity index (χ2n) is 16.8. The fourth-order valence-electron chi connectivity index (χ4n) is 7.43. The first kappa shape index (κ1) is 55.8. The minimum atomic E-state index is -0.799. The number of esters is 1. The Kier molecular flexibility index (Phi) is 44.2. The molecule has 0 aromatic heterocycles. The second kappa shape index (κ2) is 45.9. The summed E-state index contributed by atoms with van der Waals surface area (Å²) in [6, 6.07) is -0.716. The normalized spacial score (nSPS) is 13.7. The fourth-order valence-corrected chi connectivity index (χ4v) is 7.43. The molecule has 6 nitrogen and oxygen atoms in total. The molecule has 0 heterocycles. The van der Waals surface area contributed by atoms with E-state index in [0.717, 1.165) is 77.0 Å². The van der Waals surface area contributed by atoms with Crippen LogP contribution < -0.4 is 5.32 Å². The minimum absolute atomic E-state index is 0.0420. The van der Waals surface area contributed by atoms with E-state index in [1.54, 1.807) is 0 Å². The van der Waals surface area contributed by atoms with Crippen LogP contribution in [0, 0.1) is 0 Å². The van der Waals surface area contributed by atoms with Gasteiger partial charge in [-0.2, -0.15) is 0 Å². The Morgan fingerprint density at radius 3 is 1.38 bits per heavy atom. The summed E-state index contributed by atoms with van der Waals surface area (Å²) < 4.78 is 5.89. The van der Waals surface area contributed by atoms with Crippen molar-refractivity contribution in [2.45, 2.75) is 264 Å². The van der Waals surface area contributed by atoms with E-state index in [0.29, 0.717) is 19.3 Å². The third-order valence-electron chi connectivity index (χ3n) is 11.2. The van der Waals surface area contributed by atoms with Crippen molar-refractivity contribution in [2.75, 3.05) is 6.61 Å². The van der Waals surface area contributed by atoms with Gasteiger partial charge in [-0.3, -0.25) is 9.59 Å². The Morgan fingerprint density at radius 1 is 0.517 bits per heavy atom. The van der Waals surface area contributed by atoms with Crippen molar-refractivity contribution in [1.29, 1.82) is 0 Å². The lowest BCUT2D eigenvalue weighted by Crippen LogP contribution is -2.46. The van der Waals surface area contributed by atoms with E-state index < -0.39 is 18.2 Å². The maximum Gasteiger partial charge on any atom is 0.306 e. The monoisotopic (exact) mass is 814 g/mol. The Morgan fingerprint density at radius 2 is 0.931 bits per heavy atom. The predicted octanol–water partition coefficient (Wildman–Crippen LogP) is 14.7. The molecule has 0 aromatic carbocycles. The molecule has 338 valence electrons. The van der Waals surface area contributed by atoms with Gasteiger partial charge in [-0.1, -0.05) is 223 Å². The third kappa shape index (κ3) is 40.6. The molecule has 0 fully saturated rings. The fraction of sp³-hybridized carbons (Fsp3) is 0.808. The number of allylic oxidation sites excluding steroid dienone is 8. The van der Waals surface area contributed by atoms with Gasteiger partial charge in [-0.15, -0.1) is 0 Å². The van der Waals surface area contributed by atoms with E-state index in [9.17, 15) is 19.8 Å². The number of carbonyl (C=O) groups is 2. The number of hydrogen-bond acceptors (Lipinski definition) is 5. The van der Waals surface area contributed by atoms with Gasteiger partial charge in [-0.05, 0) is 57.8 Å². The highest BCUT2D eigenvalue weighted by Crippen LogP contribution is 2.17. The molecule has 58 heavy (non-hydrogen) atoms. The van der Waals surface area contributed by atoms with Crippen molar-refractivity contribution < 1.29 is 24.5 Å². The average molecular weight is 814 g/mol. The van der Waals surface area contributed by atoms with Gasteiger partial charge in [0.1, 0.15) is 6.10 Å². The number of hydrogen-bond donors (Lipinski definition) is 3. The molecule has 0 aliphatic rings. The maximum atomic E-state index is 13.2. The molecule has 3 atom stereocenters. The van der Waals surface area contributed by atoms with Crippen LogP contribution in [-0.2, 0) is 14.3 Å². The number of carbonyl (C=O) groups excluding carboxylic acids is 2. The smallest absolute Gasteiger partial charge is 0.306 e. The second-order valence-corrected chi connectivity index (χ2v) is 16.8. The highest BCUT2D eigenvalue weighted by atomic mass is 16.5. The molecule has 1 amide bonds. The van der Waals surface area contributed by atoms with Gasteiger partial charge in [0, 0.05) is 6.42 Å². The lowest BCUT2D eigenvalue weighted by Gasteiger charge is -2.24. The highest BCUT2D eigenvalue weighted by molar-refractivity contribution is 5.77. The molecule has 0 rings (SSSR count). The number of amides is 1. The summed E-state index contributed by atoms with van der Waals surface area (Å²) in [4.78, 5) is 26.1. The lowest BCUT2D eigenvalue weighted by molar-refractivity contribution is -0.151. The molecular formula is C52H95NO5. The Hall–Kier alpha value is -2.18. The zero-order valence-corrected chi connectivity index (χ0v) is 38.4. The first-order chi connectivity index (χ1) is 28.5. The summed E-state index contributed by atoms with van der Waals surface area (Å²) in [5.74, 6) is -0.523. The van der Waals surface area contributed by atoms with Crippen molar-refractivity contribution in [2.24, 2.45) is 0 Å². The Bertz CT molecular complexity index is 1000. The Labute approximate surface area is 359 Å². The van der Waals surface area contributed by atoms with E-state index in [-0.39, 0.29) is 24.9 Å². The van der Waals surface area contributed by atoms with Crippen LogP contribution in [0.3, 0.4) is 0 Å². The van der Waals surface area contributed by atoms with Crippen LogP contribution in [0.4, 0.5) is 0 Å². The first-order valence-corrected chi connectivity index (χ1v) is 24.9. The van der Waals surface area contributed by atoms with Crippen molar-refractivity contribution in [1.82, 2.24) is 5.32 Å². The quantitative estimate of drug-likeness (QED) is 0.0323. The van der Waals surface area contributed by atoms with E-state index in [2.05, 4.69) is 74.7 Å². The molecule has 0 aliphatic heterocycles. The number of ether oxygens (including phenoxy) is 1. The van der Waals surface area contributed by atoms with Crippen LogP contribution in [0.25, 0.3) is 0 Å². The van der Waals surface area contributed by atoms with Gasteiger partial charge in [-0.25, -0.2) is 0 Å². The van der Waals surface area contributed by atoms with Crippen LogP contribution in [0.5, 0.6) is 0 Å². The molecule has 3 N–H and O–H groups in total. The van der Waals surface area contributed by atoms with Gasteiger partial charge >= 0.3 is 5.97 Å². The highest BCUT2D eigenvalue weighted by Gasteiger charge is 2.24. The van der Waals surface area contributed by atoms with Gasteiger partial charge in [0.2, 0.25) is 5.91 Å². The molecule has 3 unspecified atom stereocenters. The molecular weight excluding hydrogens is 719 g/mol. The summed E-state index contributed by atoms with van der Waals surface area (Å²) in [6.07, 6.45) is 54.6. The van der Waals surface area contributed by atoms with Crippen molar-refractivity contribution in [3.05, 3.63) is 48.6 Å². The van der Waals surface area contributed by atoms with Crippen LogP contribution in [0.15, 0.2) is 48.6 Å². The molecule has 0 bridgehead atoms. The lowest BCUT2D eigenvalue weighted by atomic mass is 10.0. The number of rotatable bonds is 44. The van der Waals surface area contributed by atoms with Gasteiger partial charge in [0.05, 0.1) is 25.2 Å². The zero-order valence-electron chi connectivity index (χ0n) is 38.4. The first-order valence-electron chi connectivity index (χ1n) is 24.9. The topological polar surface area (TPSA) is 95.9 Å². The van der Waals surface area contributed by atoms with Gasteiger partial charge < -0.3 is 20.3 Å². The number of aliphatic hydroxyl groups excluding tert-OH is 2. The van der Waals surface area contributed by atoms with Crippen LogP contribution >= 0.6 is 0 Å². The molecule has 0 aliphatic carbocycles. The van der Waals surface area contributed by atoms with Crippen LogP contribution in [0.1, 0.15) is 245 Å². The van der Waals surface area contributed by atoms with Crippen molar-refractivity contribution in [3.63, 3.8) is 0 Å². The molecule has 0 spiro atoms. The number of nitrogens with one attached hydrogen (secondary N) is 1. The number of unbranched alkanes of at least 4 members (excludes halogenated alkanes) is 24. The summed E-state index contributed by atoms with van der Waals surface area (Å²) >= 11 is 0. The van der Waals surface area contributed by atoms with Crippen molar-refractivity contribution in [3.8, 4) is 0 Å². The van der Waals surface area contributed by atoms with Gasteiger partial charge in [0.15, 0.2) is 0 Å². The van der Waals surface area contributed by atoms with E-state index in [4.69, 9.17) is 4.74 Å². The maximum absolute atomic E-state index is 13.2. The van der Waals surface area contributed by atoms with E-state index in [1.165, 1.54) is 122 Å². The summed E-state index contributed by atoms with van der Waals surface area (Å²) in [6.45, 7) is 6.35. The summed E-state index contributed by atoms with van der Waals surface area (Å²) in [5.41, 5.74) is 0. The predicted molar refractivity (Wildman–Crippen MR) is 250 cm³/mol. The van der Waals surface area contributed by atoms with Crippen LogP contribution in [0.2, 0.25) is 0 Å². The van der Waals surface area contributed by atoms with E-state index >= 15 is 0 Å². The third-order valence-corrected chi connectivity index (χ3v) is 11.2. The zero-order chi connectivity index (χ0) is 42.4. The molecule has 0 radical (unpaired) electrons. The summed E-state index contributed by atoms with van der Waals surface area (Å²) in [5, 5.41) is 23.7. The SMILES string of the molecule is CC/C=C/C/C=C/C/C=C/C/C=C/CCCC(CC(=O)NC(CO)C(O)CCCCCCCCCCCCCCC)OC(=O)CCCCCCCCCCCCCC. The van der Waals surface area contributed by atoms with Crippen LogP contribution in [-0.4, -0.2) is 46.9 Å². The largest absolute Gasteiger partial charge is 0.462 e. The molecule has 0 saturated carbocycles. The average Bonchev–Trinajstić information content (AvgIpc) is 3.22. The van der Waals surface area contributed by atoms with Crippen molar-refractivity contribution >= 4 is 11.9 Å².